The molecule has 8 nitrogen and oxygen atoms in total. The Hall–Kier alpha value is -3.46. The predicted molar refractivity (Wildman–Crippen MR) is 123 cm³/mol. The standard InChI is InChI=1S/C24H26N2O6S/c1-4-31-23(29)21-17(25-24(30)26-22(21)19-6-5-11-33-19)13-32-20(28)10-9-18(27)16-12-14(2)7-8-15(16)3/h5-8,11-12,22H,4,9-10,13H2,1-3H3,(H2,25,26,30). The number of ether oxygens (including phenoxy) is 2. The van der Waals surface area contributed by atoms with Crippen LogP contribution in [0.5, 0.6) is 0 Å². The highest BCUT2D eigenvalue weighted by Crippen LogP contribution is 2.30. The van der Waals surface area contributed by atoms with Gasteiger partial charge < -0.3 is 20.1 Å². The Bertz CT molecular complexity index is 1090. The average Bonchev–Trinajstić information content (AvgIpc) is 3.32. The van der Waals surface area contributed by atoms with E-state index in [2.05, 4.69) is 10.6 Å². The number of carbonyl (C=O) groups is 4. The third kappa shape index (κ3) is 6.07. The van der Waals surface area contributed by atoms with Crippen LogP contribution in [0.2, 0.25) is 0 Å². The number of aryl methyl sites for hydroxylation is 2. The zero-order chi connectivity index (χ0) is 24.0. The number of amides is 2. The maximum Gasteiger partial charge on any atom is 0.338 e. The number of hydrogen-bond donors (Lipinski definition) is 2. The molecule has 33 heavy (non-hydrogen) atoms. The van der Waals surface area contributed by atoms with Crippen molar-refractivity contribution in [3.63, 3.8) is 0 Å². The molecule has 0 bridgehead atoms. The molecular formula is C24H26N2O6S. The summed E-state index contributed by atoms with van der Waals surface area (Å²) in [7, 11) is 0. The van der Waals surface area contributed by atoms with Gasteiger partial charge in [-0.15, -0.1) is 11.3 Å². The third-order valence-electron chi connectivity index (χ3n) is 5.10. The number of Topliss-reactive ketones (excluding diaryl/α,β-unsaturated/α-hetero) is 1. The molecule has 2 heterocycles. The Morgan fingerprint density at radius 1 is 1.09 bits per heavy atom. The maximum absolute atomic E-state index is 12.6. The quantitative estimate of drug-likeness (QED) is 0.427. The molecular weight excluding hydrogens is 444 g/mol. The fourth-order valence-corrected chi connectivity index (χ4v) is 4.25. The summed E-state index contributed by atoms with van der Waals surface area (Å²) in [6.45, 7) is 5.26. The number of nitrogens with one attached hydrogen (secondary N) is 2. The molecule has 0 spiro atoms. The summed E-state index contributed by atoms with van der Waals surface area (Å²) in [5.74, 6) is -1.36. The first-order valence-corrected chi connectivity index (χ1v) is 11.4. The van der Waals surface area contributed by atoms with Gasteiger partial charge in [-0.05, 0) is 43.8 Å². The molecule has 1 aliphatic heterocycles. The van der Waals surface area contributed by atoms with Gasteiger partial charge in [-0.2, -0.15) is 0 Å². The smallest absolute Gasteiger partial charge is 0.338 e. The van der Waals surface area contributed by atoms with Crippen LogP contribution in [0.15, 0.2) is 47.0 Å². The summed E-state index contributed by atoms with van der Waals surface area (Å²) in [6, 6.07) is 7.97. The average molecular weight is 471 g/mol. The third-order valence-corrected chi connectivity index (χ3v) is 6.04. The molecule has 9 heteroatoms. The van der Waals surface area contributed by atoms with Crippen LogP contribution in [0.3, 0.4) is 0 Å². The zero-order valence-electron chi connectivity index (χ0n) is 18.7. The molecule has 2 aromatic rings. The number of carbonyl (C=O) groups excluding carboxylic acids is 4. The van der Waals surface area contributed by atoms with Crippen molar-refractivity contribution in [3.8, 4) is 0 Å². The van der Waals surface area contributed by atoms with Gasteiger partial charge in [0.1, 0.15) is 6.61 Å². The summed E-state index contributed by atoms with van der Waals surface area (Å²) in [5, 5.41) is 7.09. The minimum atomic E-state index is -0.711. The molecule has 0 radical (unpaired) electrons. The lowest BCUT2D eigenvalue weighted by atomic mass is 9.99. The number of benzene rings is 1. The van der Waals surface area contributed by atoms with Crippen LogP contribution in [0, 0.1) is 13.8 Å². The Morgan fingerprint density at radius 2 is 1.88 bits per heavy atom. The summed E-state index contributed by atoms with van der Waals surface area (Å²) in [4.78, 5) is 50.4. The van der Waals surface area contributed by atoms with Crippen LogP contribution >= 0.6 is 11.3 Å². The molecule has 1 aromatic carbocycles. The lowest BCUT2D eigenvalue weighted by molar-refractivity contribution is -0.143. The van der Waals surface area contributed by atoms with E-state index in [-0.39, 0.29) is 43.1 Å². The van der Waals surface area contributed by atoms with Crippen molar-refractivity contribution in [3.05, 3.63) is 68.5 Å². The van der Waals surface area contributed by atoms with E-state index in [0.717, 1.165) is 16.0 Å². The molecule has 1 unspecified atom stereocenters. The lowest BCUT2D eigenvalue weighted by Gasteiger charge is -2.28. The molecule has 1 aliphatic rings. The van der Waals surface area contributed by atoms with E-state index in [0.29, 0.717) is 5.56 Å². The summed E-state index contributed by atoms with van der Waals surface area (Å²) in [5.41, 5.74) is 2.73. The van der Waals surface area contributed by atoms with E-state index in [4.69, 9.17) is 9.47 Å². The Kier molecular flexibility index (Phi) is 8.00. The van der Waals surface area contributed by atoms with Crippen LogP contribution in [-0.2, 0) is 19.1 Å². The van der Waals surface area contributed by atoms with Crippen molar-refractivity contribution in [1.82, 2.24) is 10.6 Å². The number of rotatable bonds is 9. The van der Waals surface area contributed by atoms with Gasteiger partial charge in [0.25, 0.3) is 0 Å². The summed E-state index contributed by atoms with van der Waals surface area (Å²) in [6.07, 6.45) is -0.118. The van der Waals surface area contributed by atoms with E-state index in [1.54, 1.807) is 19.1 Å². The highest BCUT2D eigenvalue weighted by Gasteiger charge is 2.34. The SMILES string of the molecule is CCOC(=O)C1=C(COC(=O)CCC(=O)c2cc(C)ccc2C)NC(=O)NC1c1cccs1. The van der Waals surface area contributed by atoms with Crippen LogP contribution in [0.25, 0.3) is 0 Å². The van der Waals surface area contributed by atoms with Crippen molar-refractivity contribution in [2.75, 3.05) is 13.2 Å². The molecule has 3 rings (SSSR count). The van der Waals surface area contributed by atoms with Gasteiger partial charge in [-0.25, -0.2) is 9.59 Å². The first-order chi connectivity index (χ1) is 15.8. The minimum Gasteiger partial charge on any atom is -0.463 e. The number of hydrogen-bond acceptors (Lipinski definition) is 7. The van der Waals surface area contributed by atoms with Gasteiger partial charge in [0, 0.05) is 16.9 Å². The number of ketones is 1. The number of esters is 2. The number of urea groups is 1. The normalized spacial score (nSPS) is 15.5. The topological polar surface area (TPSA) is 111 Å². The van der Waals surface area contributed by atoms with Gasteiger partial charge >= 0.3 is 18.0 Å². The fraction of sp³-hybridized carbons (Fsp3) is 0.333. The van der Waals surface area contributed by atoms with E-state index in [9.17, 15) is 19.2 Å². The van der Waals surface area contributed by atoms with E-state index < -0.39 is 24.0 Å². The monoisotopic (exact) mass is 470 g/mol. The molecule has 1 atom stereocenters. The highest BCUT2D eigenvalue weighted by molar-refractivity contribution is 7.10. The Labute approximate surface area is 196 Å². The predicted octanol–water partition coefficient (Wildman–Crippen LogP) is 3.74. The lowest BCUT2D eigenvalue weighted by Crippen LogP contribution is -2.46. The van der Waals surface area contributed by atoms with Crippen LogP contribution in [0.1, 0.15) is 52.2 Å². The van der Waals surface area contributed by atoms with E-state index >= 15 is 0 Å². The second-order valence-corrected chi connectivity index (χ2v) is 8.54. The van der Waals surface area contributed by atoms with Crippen molar-refractivity contribution in [1.29, 1.82) is 0 Å². The highest BCUT2D eigenvalue weighted by atomic mass is 32.1. The van der Waals surface area contributed by atoms with Crippen LogP contribution < -0.4 is 10.6 Å². The van der Waals surface area contributed by atoms with Crippen molar-refractivity contribution in [2.24, 2.45) is 0 Å². The molecule has 0 aliphatic carbocycles. The second kappa shape index (κ2) is 10.9. The first kappa shape index (κ1) is 24.2. The largest absolute Gasteiger partial charge is 0.463 e. The van der Waals surface area contributed by atoms with Crippen molar-refractivity contribution in [2.45, 2.75) is 39.7 Å². The Morgan fingerprint density at radius 3 is 2.58 bits per heavy atom. The van der Waals surface area contributed by atoms with Crippen LogP contribution in [-0.4, -0.2) is 37.0 Å². The van der Waals surface area contributed by atoms with Gasteiger partial charge in [-0.3, -0.25) is 9.59 Å². The Balaban J connectivity index is 1.70. The van der Waals surface area contributed by atoms with Gasteiger partial charge in [-0.1, -0.05) is 23.8 Å². The second-order valence-electron chi connectivity index (χ2n) is 7.56. The molecule has 0 fully saturated rings. The maximum atomic E-state index is 12.6. The van der Waals surface area contributed by atoms with Crippen LogP contribution in [0.4, 0.5) is 4.79 Å². The molecule has 174 valence electrons. The minimum absolute atomic E-state index is 0.00135. The molecule has 2 N–H and O–H groups in total. The molecule has 0 saturated carbocycles. The summed E-state index contributed by atoms with van der Waals surface area (Å²) >= 11 is 1.38. The molecule has 2 amide bonds. The van der Waals surface area contributed by atoms with Crippen molar-refractivity contribution < 1.29 is 28.7 Å². The van der Waals surface area contributed by atoms with Gasteiger partial charge in [0.2, 0.25) is 0 Å². The number of thiophene rings is 1. The van der Waals surface area contributed by atoms with E-state index in [1.807, 2.05) is 37.4 Å². The zero-order valence-corrected chi connectivity index (χ0v) is 19.5. The molecule has 0 saturated heterocycles. The van der Waals surface area contributed by atoms with Gasteiger partial charge in [0.05, 0.1) is 30.3 Å². The van der Waals surface area contributed by atoms with Crippen molar-refractivity contribution >= 4 is 35.1 Å². The van der Waals surface area contributed by atoms with E-state index in [1.165, 1.54) is 11.3 Å². The summed E-state index contributed by atoms with van der Waals surface area (Å²) < 4.78 is 10.5. The molecule has 1 aromatic heterocycles. The first-order valence-electron chi connectivity index (χ1n) is 10.6. The van der Waals surface area contributed by atoms with Gasteiger partial charge in [0.15, 0.2) is 5.78 Å². The fourth-order valence-electron chi connectivity index (χ4n) is 3.46.